The second-order valence-electron chi connectivity index (χ2n) is 5.55. The molecule has 0 radical (unpaired) electrons. The Bertz CT molecular complexity index is 778. The van der Waals surface area contributed by atoms with E-state index in [9.17, 15) is 9.59 Å². The summed E-state index contributed by atoms with van der Waals surface area (Å²) in [6.07, 6.45) is 0.159. The first kappa shape index (κ1) is 16.3. The lowest BCUT2D eigenvalue weighted by Gasteiger charge is -2.18. The van der Waals surface area contributed by atoms with E-state index in [1.54, 1.807) is 42.3 Å². The Labute approximate surface area is 145 Å². The highest BCUT2D eigenvalue weighted by Crippen LogP contribution is 2.32. The average molecular weight is 345 g/mol. The predicted molar refractivity (Wildman–Crippen MR) is 93.5 cm³/mol. The zero-order valence-electron chi connectivity index (χ0n) is 13.2. The summed E-state index contributed by atoms with van der Waals surface area (Å²) < 4.78 is 5.23. The standard InChI is InChI=1S/C18H17ClN2O3/c1-24-16-9-5-3-7-14(16)20-18(23)12-10-17(22)21(11-12)15-8-4-2-6-13(15)19/h2-9,12H,10-11H2,1H3,(H,20,23)/t12-/m0/s1. The fraction of sp³-hybridized carbons (Fsp3) is 0.222. The fourth-order valence-electron chi connectivity index (χ4n) is 2.77. The van der Waals surface area contributed by atoms with Crippen molar-refractivity contribution in [3.05, 3.63) is 53.6 Å². The number of carbonyl (C=O) groups excluding carboxylic acids is 2. The third-order valence-corrected chi connectivity index (χ3v) is 4.32. The molecule has 24 heavy (non-hydrogen) atoms. The third-order valence-electron chi connectivity index (χ3n) is 4.00. The highest BCUT2D eigenvalue weighted by Gasteiger charge is 2.36. The van der Waals surface area contributed by atoms with Crippen molar-refractivity contribution < 1.29 is 14.3 Å². The molecule has 2 amide bonds. The van der Waals surface area contributed by atoms with Gasteiger partial charge in [-0.15, -0.1) is 0 Å². The first-order valence-corrected chi connectivity index (χ1v) is 7.96. The van der Waals surface area contributed by atoms with Gasteiger partial charge in [-0.3, -0.25) is 9.59 Å². The molecule has 1 heterocycles. The number of rotatable bonds is 4. The maximum absolute atomic E-state index is 12.5. The number of nitrogens with zero attached hydrogens (tertiary/aromatic N) is 1. The maximum atomic E-state index is 12.5. The SMILES string of the molecule is COc1ccccc1NC(=O)[C@H]1CC(=O)N(c2ccccc2Cl)C1. The third kappa shape index (κ3) is 3.21. The molecule has 0 aromatic heterocycles. The Balaban J connectivity index is 1.74. The van der Waals surface area contributed by atoms with Crippen LogP contribution in [0.25, 0.3) is 0 Å². The molecule has 0 unspecified atom stereocenters. The zero-order valence-corrected chi connectivity index (χ0v) is 13.9. The molecule has 1 fully saturated rings. The van der Waals surface area contributed by atoms with Gasteiger partial charge in [-0.05, 0) is 24.3 Å². The molecule has 5 nitrogen and oxygen atoms in total. The van der Waals surface area contributed by atoms with Crippen LogP contribution in [0.1, 0.15) is 6.42 Å². The van der Waals surface area contributed by atoms with Crippen molar-refractivity contribution in [3.8, 4) is 5.75 Å². The monoisotopic (exact) mass is 344 g/mol. The van der Waals surface area contributed by atoms with Crippen molar-refractivity contribution in [2.45, 2.75) is 6.42 Å². The highest BCUT2D eigenvalue weighted by molar-refractivity contribution is 6.33. The topological polar surface area (TPSA) is 58.6 Å². The second-order valence-corrected chi connectivity index (χ2v) is 5.95. The Morgan fingerprint density at radius 3 is 2.67 bits per heavy atom. The minimum Gasteiger partial charge on any atom is -0.495 e. The van der Waals surface area contributed by atoms with Crippen LogP contribution in [0.4, 0.5) is 11.4 Å². The summed E-state index contributed by atoms with van der Waals surface area (Å²) in [5.41, 5.74) is 1.23. The van der Waals surface area contributed by atoms with Crippen LogP contribution >= 0.6 is 11.6 Å². The van der Waals surface area contributed by atoms with Gasteiger partial charge in [0.1, 0.15) is 5.75 Å². The van der Waals surface area contributed by atoms with Gasteiger partial charge in [0.05, 0.1) is 29.4 Å². The van der Waals surface area contributed by atoms with Gasteiger partial charge in [-0.2, -0.15) is 0 Å². The molecule has 1 saturated heterocycles. The summed E-state index contributed by atoms with van der Waals surface area (Å²) in [6, 6.07) is 14.3. The molecule has 0 bridgehead atoms. The van der Waals surface area contributed by atoms with Crippen molar-refractivity contribution in [2.24, 2.45) is 5.92 Å². The summed E-state index contributed by atoms with van der Waals surface area (Å²) in [6.45, 7) is 0.309. The Morgan fingerprint density at radius 1 is 1.21 bits per heavy atom. The van der Waals surface area contributed by atoms with Gasteiger partial charge in [-0.1, -0.05) is 35.9 Å². The summed E-state index contributed by atoms with van der Waals surface area (Å²) in [5.74, 6) is -0.164. The van der Waals surface area contributed by atoms with Crippen molar-refractivity contribution in [2.75, 3.05) is 23.9 Å². The van der Waals surface area contributed by atoms with Crippen LogP contribution in [-0.2, 0) is 9.59 Å². The van der Waals surface area contributed by atoms with E-state index in [-0.39, 0.29) is 18.2 Å². The van der Waals surface area contributed by atoms with Gasteiger partial charge in [0, 0.05) is 13.0 Å². The van der Waals surface area contributed by atoms with E-state index in [0.717, 1.165) is 0 Å². The summed E-state index contributed by atoms with van der Waals surface area (Å²) in [5, 5.41) is 3.33. The number of benzene rings is 2. The number of hydrogen-bond donors (Lipinski definition) is 1. The number of ether oxygens (including phenoxy) is 1. The molecule has 1 N–H and O–H groups in total. The van der Waals surface area contributed by atoms with Gasteiger partial charge < -0.3 is 15.0 Å². The number of carbonyl (C=O) groups is 2. The lowest BCUT2D eigenvalue weighted by Crippen LogP contribution is -2.28. The molecule has 0 spiro atoms. The van der Waals surface area contributed by atoms with E-state index in [1.807, 2.05) is 18.2 Å². The summed E-state index contributed by atoms with van der Waals surface area (Å²) in [7, 11) is 1.54. The van der Waals surface area contributed by atoms with Crippen LogP contribution in [0.15, 0.2) is 48.5 Å². The second kappa shape index (κ2) is 6.93. The zero-order chi connectivity index (χ0) is 17.1. The molecule has 3 rings (SSSR count). The lowest BCUT2D eigenvalue weighted by atomic mass is 10.1. The summed E-state index contributed by atoms with van der Waals surface area (Å²) >= 11 is 6.16. The minimum absolute atomic E-state index is 0.108. The van der Waals surface area contributed by atoms with E-state index in [1.165, 1.54) is 0 Å². The Morgan fingerprint density at radius 2 is 1.92 bits per heavy atom. The number of methoxy groups -OCH3 is 1. The number of anilines is 2. The number of amides is 2. The molecule has 2 aromatic rings. The van der Waals surface area contributed by atoms with Gasteiger partial charge in [0.25, 0.3) is 0 Å². The molecule has 1 aliphatic heterocycles. The van der Waals surface area contributed by atoms with E-state index in [0.29, 0.717) is 28.7 Å². The molecule has 6 heteroatoms. The van der Waals surface area contributed by atoms with Crippen LogP contribution in [-0.4, -0.2) is 25.5 Å². The maximum Gasteiger partial charge on any atom is 0.229 e. The number of nitrogens with one attached hydrogen (secondary N) is 1. The Kier molecular flexibility index (Phi) is 4.71. The lowest BCUT2D eigenvalue weighted by molar-refractivity contribution is -0.122. The fourth-order valence-corrected chi connectivity index (χ4v) is 3.01. The normalized spacial score (nSPS) is 17.0. The molecule has 2 aromatic carbocycles. The van der Waals surface area contributed by atoms with Crippen molar-refractivity contribution in [3.63, 3.8) is 0 Å². The number of hydrogen-bond acceptors (Lipinski definition) is 3. The molecular formula is C18H17ClN2O3. The van der Waals surface area contributed by atoms with Gasteiger partial charge >= 0.3 is 0 Å². The smallest absolute Gasteiger partial charge is 0.229 e. The molecule has 0 saturated carbocycles. The van der Waals surface area contributed by atoms with E-state index in [4.69, 9.17) is 16.3 Å². The van der Waals surface area contributed by atoms with Crippen LogP contribution in [0, 0.1) is 5.92 Å². The minimum atomic E-state index is -0.432. The van der Waals surface area contributed by atoms with Gasteiger partial charge in [0.2, 0.25) is 11.8 Å². The number of halogens is 1. The van der Waals surface area contributed by atoms with E-state index < -0.39 is 5.92 Å². The molecule has 124 valence electrons. The Hall–Kier alpha value is -2.53. The van der Waals surface area contributed by atoms with E-state index >= 15 is 0 Å². The van der Waals surface area contributed by atoms with Crippen molar-refractivity contribution in [1.29, 1.82) is 0 Å². The summed E-state index contributed by atoms with van der Waals surface area (Å²) in [4.78, 5) is 26.4. The highest BCUT2D eigenvalue weighted by atomic mass is 35.5. The van der Waals surface area contributed by atoms with Crippen LogP contribution in [0.2, 0.25) is 5.02 Å². The first-order chi connectivity index (χ1) is 11.6. The van der Waals surface area contributed by atoms with Gasteiger partial charge in [0.15, 0.2) is 0 Å². The molecule has 1 atom stereocenters. The molecule has 0 aliphatic carbocycles. The average Bonchev–Trinajstić information content (AvgIpc) is 2.97. The van der Waals surface area contributed by atoms with E-state index in [2.05, 4.69) is 5.32 Å². The number of para-hydroxylation sites is 3. The predicted octanol–water partition coefficient (Wildman–Crippen LogP) is 3.34. The quantitative estimate of drug-likeness (QED) is 0.925. The van der Waals surface area contributed by atoms with Crippen LogP contribution < -0.4 is 15.0 Å². The largest absolute Gasteiger partial charge is 0.495 e. The first-order valence-electron chi connectivity index (χ1n) is 7.59. The molecule has 1 aliphatic rings. The van der Waals surface area contributed by atoms with Crippen molar-refractivity contribution >= 4 is 34.8 Å². The van der Waals surface area contributed by atoms with Gasteiger partial charge in [-0.25, -0.2) is 0 Å². The van der Waals surface area contributed by atoms with Crippen molar-refractivity contribution in [1.82, 2.24) is 0 Å². The van der Waals surface area contributed by atoms with Crippen LogP contribution in [0.3, 0.4) is 0 Å². The molecular weight excluding hydrogens is 328 g/mol. The van der Waals surface area contributed by atoms with Crippen LogP contribution in [0.5, 0.6) is 5.75 Å².